The molecule has 124 valence electrons. The predicted octanol–water partition coefficient (Wildman–Crippen LogP) is 1.38. The molecule has 6 heteroatoms. The number of likely N-dealkylation sites (tertiary alicyclic amines) is 2. The van der Waals surface area contributed by atoms with Crippen molar-refractivity contribution in [3.05, 3.63) is 35.6 Å². The number of nitrogens with zero attached hydrogens (tertiary/aromatic N) is 2. The van der Waals surface area contributed by atoms with Crippen LogP contribution in [0.4, 0.5) is 4.39 Å². The zero-order valence-corrected chi connectivity index (χ0v) is 13.1. The summed E-state index contributed by atoms with van der Waals surface area (Å²) < 4.78 is 13.3. The molecule has 0 aromatic heterocycles. The van der Waals surface area contributed by atoms with Gasteiger partial charge < -0.3 is 10.6 Å². The summed E-state index contributed by atoms with van der Waals surface area (Å²) in [4.78, 5) is 27.9. The third-order valence-electron chi connectivity index (χ3n) is 4.91. The Bertz CT molecular complexity index is 599. The Hall–Kier alpha value is -1.95. The number of benzene rings is 1. The van der Waals surface area contributed by atoms with Crippen LogP contribution < -0.4 is 5.73 Å². The lowest BCUT2D eigenvalue weighted by Crippen LogP contribution is -2.51. The highest BCUT2D eigenvalue weighted by atomic mass is 19.1. The molecule has 2 saturated heterocycles. The Labute approximate surface area is 135 Å². The molecule has 0 saturated carbocycles. The van der Waals surface area contributed by atoms with Gasteiger partial charge in [-0.15, -0.1) is 0 Å². The lowest BCUT2D eigenvalue weighted by atomic mass is 10.0. The van der Waals surface area contributed by atoms with Gasteiger partial charge in [-0.2, -0.15) is 0 Å². The zero-order chi connectivity index (χ0) is 16.4. The summed E-state index contributed by atoms with van der Waals surface area (Å²) in [5.74, 6) is -0.774. The molecule has 0 aliphatic carbocycles. The van der Waals surface area contributed by atoms with E-state index in [-0.39, 0.29) is 17.9 Å². The predicted molar refractivity (Wildman–Crippen MR) is 84.2 cm³/mol. The third-order valence-corrected chi connectivity index (χ3v) is 4.91. The molecule has 2 fully saturated rings. The minimum Gasteiger partial charge on any atom is -0.368 e. The molecule has 0 unspecified atom stereocenters. The van der Waals surface area contributed by atoms with Crippen LogP contribution in [-0.4, -0.2) is 53.3 Å². The molecule has 2 heterocycles. The number of primary amides is 1. The maximum atomic E-state index is 13.3. The SMILES string of the molecule is NC(=O)[C@H]1CCCN1C1CCN(C(=O)c2cccc(F)c2)CC1. The molecule has 3 rings (SSSR count). The van der Waals surface area contributed by atoms with Crippen LogP contribution in [0.5, 0.6) is 0 Å². The smallest absolute Gasteiger partial charge is 0.253 e. The fourth-order valence-electron chi connectivity index (χ4n) is 3.74. The maximum Gasteiger partial charge on any atom is 0.253 e. The topological polar surface area (TPSA) is 66.6 Å². The largest absolute Gasteiger partial charge is 0.368 e. The summed E-state index contributed by atoms with van der Waals surface area (Å²) in [6, 6.07) is 5.94. The molecule has 5 nitrogen and oxygen atoms in total. The molecule has 23 heavy (non-hydrogen) atoms. The van der Waals surface area contributed by atoms with E-state index in [0.717, 1.165) is 32.2 Å². The summed E-state index contributed by atoms with van der Waals surface area (Å²) in [7, 11) is 0. The lowest BCUT2D eigenvalue weighted by molar-refractivity contribution is -0.123. The second-order valence-corrected chi connectivity index (χ2v) is 6.33. The molecule has 2 aliphatic rings. The minimum absolute atomic E-state index is 0.129. The van der Waals surface area contributed by atoms with Crippen LogP contribution in [0.3, 0.4) is 0 Å². The van der Waals surface area contributed by atoms with Crippen LogP contribution in [0.15, 0.2) is 24.3 Å². The van der Waals surface area contributed by atoms with Gasteiger partial charge in [-0.1, -0.05) is 6.07 Å². The molecule has 0 bridgehead atoms. The van der Waals surface area contributed by atoms with Crippen molar-refractivity contribution in [1.29, 1.82) is 0 Å². The van der Waals surface area contributed by atoms with E-state index >= 15 is 0 Å². The molecule has 1 aromatic rings. The zero-order valence-electron chi connectivity index (χ0n) is 13.1. The van der Waals surface area contributed by atoms with E-state index in [0.29, 0.717) is 24.7 Å². The van der Waals surface area contributed by atoms with Crippen molar-refractivity contribution in [3.63, 3.8) is 0 Å². The fraction of sp³-hybridized carbons (Fsp3) is 0.529. The highest BCUT2D eigenvalue weighted by Crippen LogP contribution is 2.26. The van der Waals surface area contributed by atoms with Crippen molar-refractivity contribution in [2.45, 2.75) is 37.8 Å². The minimum atomic E-state index is -0.396. The van der Waals surface area contributed by atoms with Crippen LogP contribution in [-0.2, 0) is 4.79 Å². The van der Waals surface area contributed by atoms with Crippen molar-refractivity contribution < 1.29 is 14.0 Å². The molecule has 2 amide bonds. The highest BCUT2D eigenvalue weighted by molar-refractivity contribution is 5.94. The average Bonchev–Trinajstić information content (AvgIpc) is 3.04. The Morgan fingerprint density at radius 3 is 2.52 bits per heavy atom. The lowest BCUT2D eigenvalue weighted by Gasteiger charge is -2.38. The third kappa shape index (κ3) is 3.37. The van der Waals surface area contributed by atoms with Crippen LogP contribution in [0.1, 0.15) is 36.0 Å². The van der Waals surface area contributed by atoms with Gasteiger partial charge in [0.15, 0.2) is 0 Å². The van der Waals surface area contributed by atoms with E-state index < -0.39 is 5.82 Å². The molecule has 0 radical (unpaired) electrons. The Kier molecular flexibility index (Phi) is 4.61. The number of carbonyl (C=O) groups excluding carboxylic acids is 2. The van der Waals surface area contributed by atoms with E-state index in [4.69, 9.17) is 5.73 Å². The van der Waals surface area contributed by atoms with Gasteiger partial charge in [0, 0.05) is 24.7 Å². The number of carbonyl (C=O) groups is 2. The average molecular weight is 319 g/mol. The quantitative estimate of drug-likeness (QED) is 0.915. The van der Waals surface area contributed by atoms with Crippen molar-refractivity contribution >= 4 is 11.8 Å². The van der Waals surface area contributed by atoms with E-state index in [2.05, 4.69) is 4.90 Å². The molecular formula is C17H22FN3O2. The molecule has 1 atom stereocenters. The monoisotopic (exact) mass is 319 g/mol. The van der Waals surface area contributed by atoms with Crippen molar-refractivity contribution in [2.75, 3.05) is 19.6 Å². The summed E-state index contributed by atoms with van der Waals surface area (Å²) >= 11 is 0. The summed E-state index contributed by atoms with van der Waals surface area (Å²) in [6.07, 6.45) is 3.48. The first-order chi connectivity index (χ1) is 11.1. The van der Waals surface area contributed by atoms with Gasteiger partial charge in [0.2, 0.25) is 5.91 Å². The van der Waals surface area contributed by atoms with E-state index in [1.807, 2.05) is 0 Å². The number of hydrogen-bond acceptors (Lipinski definition) is 3. The molecule has 0 spiro atoms. The van der Waals surface area contributed by atoms with Crippen LogP contribution >= 0.6 is 0 Å². The Morgan fingerprint density at radius 2 is 1.87 bits per heavy atom. The number of amides is 2. The van der Waals surface area contributed by atoms with Gasteiger partial charge in [-0.25, -0.2) is 4.39 Å². The van der Waals surface area contributed by atoms with Crippen LogP contribution in [0, 0.1) is 5.82 Å². The summed E-state index contributed by atoms with van der Waals surface area (Å²) in [5, 5.41) is 0. The number of halogens is 1. The fourth-order valence-corrected chi connectivity index (χ4v) is 3.74. The summed E-state index contributed by atoms with van der Waals surface area (Å²) in [5.41, 5.74) is 5.87. The van der Waals surface area contributed by atoms with Crippen molar-refractivity contribution in [2.24, 2.45) is 5.73 Å². The highest BCUT2D eigenvalue weighted by Gasteiger charge is 2.36. The first-order valence-corrected chi connectivity index (χ1v) is 8.16. The van der Waals surface area contributed by atoms with Gasteiger partial charge in [-0.3, -0.25) is 14.5 Å². The number of nitrogens with two attached hydrogens (primary N) is 1. The van der Waals surface area contributed by atoms with Crippen LogP contribution in [0.2, 0.25) is 0 Å². The standard InChI is InChI=1S/C17H22FN3O2/c18-13-4-1-3-12(11-13)17(23)20-9-6-14(7-10-20)21-8-2-5-15(21)16(19)22/h1,3-4,11,14-15H,2,5-10H2,(H2,19,22)/t15-/m1/s1. The van der Waals surface area contributed by atoms with Crippen molar-refractivity contribution in [1.82, 2.24) is 9.80 Å². The maximum absolute atomic E-state index is 13.3. The molecule has 2 N–H and O–H groups in total. The molecular weight excluding hydrogens is 297 g/mol. The van der Waals surface area contributed by atoms with Gasteiger partial charge in [0.05, 0.1) is 6.04 Å². The van der Waals surface area contributed by atoms with Crippen LogP contribution in [0.25, 0.3) is 0 Å². The number of piperidine rings is 1. The van der Waals surface area contributed by atoms with E-state index in [1.54, 1.807) is 17.0 Å². The van der Waals surface area contributed by atoms with E-state index in [9.17, 15) is 14.0 Å². The van der Waals surface area contributed by atoms with Gasteiger partial charge in [-0.05, 0) is 50.4 Å². The summed E-state index contributed by atoms with van der Waals surface area (Å²) in [6.45, 7) is 2.15. The second kappa shape index (κ2) is 6.66. The first kappa shape index (κ1) is 15.9. The molecule has 1 aromatic carbocycles. The Morgan fingerprint density at radius 1 is 1.13 bits per heavy atom. The van der Waals surface area contributed by atoms with Gasteiger partial charge in [0.25, 0.3) is 5.91 Å². The number of rotatable bonds is 3. The van der Waals surface area contributed by atoms with Crippen molar-refractivity contribution in [3.8, 4) is 0 Å². The first-order valence-electron chi connectivity index (χ1n) is 8.16. The molecule has 2 aliphatic heterocycles. The number of hydrogen-bond donors (Lipinski definition) is 1. The van der Waals surface area contributed by atoms with Gasteiger partial charge >= 0.3 is 0 Å². The second-order valence-electron chi connectivity index (χ2n) is 6.33. The van der Waals surface area contributed by atoms with Gasteiger partial charge in [0.1, 0.15) is 5.82 Å². The Balaban J connectivity index is 1.60. The normalized spacial score (nSPS) is 23.2. The van der Waals surface area contributed by atoms with E-state index in [1.165, 1.54) is 12.1 Å².